The lowest BCUT2D eigenvalue weighted by atomic mass is 10.0. The van der Waals surface area contributed by atoms with Crippen molar-refractivity contribution >= 4 is 18.1 Å². The van der Waals surface area contributed by atoms with Gasteiger partial charge in [0.2, 0.25) is 5.91 Å². The maximum absolute atomic E-state index is 11.7. The van der Waals surface area contributed by atoms with Crippen molar-refractivity contribution in [1.82, 2.24) is 15.2 Å². The van der Waals surface area contributed by atoms with Crippen LogP contribution in [0.3, 0.4) is 0 Å². The number of aromatic amines is 2. The van der Waals surface area contributed by atoms with Gasteiger partial charge in [-0.25, -0.2) is 0 Å². The SMILES string of the molecule is NC(=O)c1ccccc1-c1n[nH]c(=S)[nH]c1=O. The fourth-order valence-electron chi connectivity index (χ4n) is 1.43. The third-order valence-electron chi connectivity index (χ3n) is 2.16. The van der Waals surface area contributed by atoms with Gasteiger partial charge >= 0.3 is 0 Å². The summed E-state index contributed by atoms with van der Waals surface area (Å²) in [4.78, 5) is 25.3. The number of rotatable bonds is 2. The van der Waals surface area contributed by atoms with Gasteiger partial charge < -0.3 is 5.73 Å². The highest BCUT2D eigenvalue weighted by Crippen LogP contribution is 2.17. The van der Waals surface area contributed by atoms with E-state index in [9.17, 15) is 9.59 Å². The van der Waals surface area contributed by atoms with Crippen molar-refractivity contribution in [3.05, 3.63) is 45.0 Å². The van der Waals surface area contributed by atoms with Crippen LogP contribution in [0.2, 0.25) is 0 Å². The number of nitrogens with zero attached hydrogens (tertiary/aromatic N) is 1. The minimum absolute atomic E-state index is 0.0769. The van der Waals surface area contributed by atoms with E-state index in [2.05, 4.69) is 15.2 Å². The van der Waals surface area contributed by atoms with E-state index in [1.54, 1.807) is 18.2 Å². The van der Waals surface area contributed by atoms with E-state index in [1.165, 1.54) is 6.07 Å². The van der Waals surface area contributed by atoms with Crippen molar-refractivity contribution < 1.29 is 4.79 Å². The van der Waals surface area contributed by atoms with Crippen LogP contribution in [0.1, 0.15) is 10.4 Å². The fraction of sp³-hybridized carbons (Fsp3) is 0. The van der Waals surface area contributed by atoms with Gasteiger partial charge in [-0.3, -0.25) is 19.7 Å². The number of primary amides is 1. The van der Waals surface area contributed by atoms with Crippen LogP contribution in [0.25, 0.3) is 11.3 Å². The largest absolute Gasteiger partial charge is 0.366 e. The standard InChI is InChI=1S/C10H8N4O2S/c11-8(15)6-4-2-1-3-5(6)7-9(16)12-10(17)14-13-7/h1-4H,(H2,11,15)(H2,12,14,16,17). The molecule has 0 bridgehead atoms. The molecule has 86 valence electrons. The summed E-state index contributed by atoms with van der Waals surface area (Å²) in [7, 11) is 0. The fourth-order valence-corrected chi connectivity index (χ4v) is 1.57. The molecule has 0 fully saturated rings. The zero-order valence-electron chi connectivity index (χ0n) is 8.56. The van der Waals surface area contributed by atoms with E-state index < -0.39 is 11.5 Å². The summed E-state index contributed by atoms with van der Waals surface area (Å²) in [6, 6.07) is 6.46. The molecule has 0 aliphatic heterocycles. The molecule has 2 aromatic rings. The summed E-state index contributed by atoms with van der Waals surface area (Å²) in [5.41, 5.74) is 5.43. The topological polar surface area (TPSA) is 105 Å². The Labute approximate surface area is 101 Å². The van der Waals surface area contributed by atoms with Crippen LogP contribution >= 0.6 is 12.2 Å². The molecular formula is C10H8N4O2S. The first-order valence-corrected chi connectivity index (χ1v) is 5.08. The van der Waals surface area contributed by atoms with E-state index >= 15 is 0 Å². The van der Waals surface area contributed by atoms with Crippen LogP contribution < -0.4 is 11.3 Å². The van der Waals surface area contributed by atoms with Gasteiger partial charge in [0.25, 0.3) is 5.56 Å². The summed E-state index contributed by atoms with van der Waals surface area (Å²) in [6.07, 6.45) is 0. The number of carbonyl (C=O) groups is 1. The van der Waals surface area contributed by atoms with Crippen molar-refractivity contribution in [2.75, 3.05) is 0 Å². The van der Waals surface area contributed by atoms with E-state index in [0.29, 0.717) is 5.56 Å². The second-order valence-electron chi connectivity index (χ2n) is 3.27. The number of amides is 1. The number of carbonyl (C=O) groups excluding carboxylic acids is 1. The van der Waals surface area contributed by atoms with E-state index in [0.717, 1.165) is 0 Å². The van der Waals surface area contributed by atoms with Crippen LogP contribution in [0, 0.1) is 4.77 Å². The highest BCUT2D eigenvalue weighted by molar-refractivity contribution is 7.71. The van der Waals surface area contributed by atoms with Gasteiger partial charge in [0, 0.05) is 11.1 Å². The van der Waals surface area contributed by atoms with Crippen molar-refractivity contribution in [2.45, 2.75) is 0 Å². The smallest absolute Gasteiger partial charge is 0.278 e. The first kappa shape index (κ1) is 11.2. The van der Waals surface area contributed by atoms with Crippen molar-refractivity contribution in [3.63, 3.8) is 0 Å². The molecule has 0 atom stereocenters. The van der Waals surface area contributed by atoms with Gasteiger partial charge in [0.1, 0.15) is 0 Å². The molecule has 0 unspecified atom stereocenters. The highest BCUT2D eigenvalue weighted by Gasteiger charge is 2.13. The molecule has 0 radical (unpaired) electrons. The third kappa shape index (κ3) is 2.13. The monoisotopic (exact) mass is 248 g/mol. The minimum Gasteiger partial charge on any atom is -0.366 e. The third-order valence-corrected chi connectivity index (χ3v) is 2.35. The molecule has 6 nitrogen and oxygen atoms in total. The first-order chi connectivity index (χ1) is 8.09. The molecule has 0 aliphatic rings. The summed E-state index contributed by atoms with van der Waals surface area (Å²) in [5, 5.41) is 6.27. The van der Waals surface area contributed by atoms with Gasteiger partial charge in [0.15, 0.2) is 10.5 Å². The summed E-state index contributed by atoms with van der Waals surface area (Å²) in [6.45, 7) is 0. The summed E-state index contributed by atoms with van der Waals surface area (Å²) >= 11 is 4.73. The zero-order valence-corrected chi connectivity index (χ0v) is 9.38. The summed E-state index contributed by atoms with van der Waals surface area (Å²) < 4.78 is 0.121. The first-order valence-electron chi connectivity index (χ1n) is 4.68. The van der Waals surface area contributed by atoms with Crippen molar-refractivity contribution in [1.29, 1.82) is 0 Å². The lowest BCUT2D eigenvalue weighted by Gasteiger charge is -2.03. The Bertz CT molecular complexity index is 689. The van der Waals surface area contributed by atoms with Gasteiger partial charge in [-0.15, -0.1) is 0 Å². The second kappa shape index (κ2) is 4.30. The van der Waals surface area contributed by atoms with Crippen LogP contribution in [-0.4, -0.2) is 21.1 Å². The molecular weight excluding hydrogens is 240 g/mol. The van der Waals surface area contributed by atoms with E-state index in [4.69, 9.17) is 18.0 Å². The average molecular weight is 248 g/mol. The number of nitrogens with two attached hydrogens (primary N) is 1. The predicted molar refractivity (Wildman–Crippen MR) is 64.0 cm³/mol. The Morgan fingerprint density at radius 2 is 2.06 bits per heavy atom. The maximum Gasteiger partial charge on any atom is 0.278 e. The summed E-state index contributed by atoms with van der Waals surface area (Å²) in [5.74, 6) is -0.621. The van der Waals surface area contributed by atoms with Gasteiger partial charge in [-0.1, -0.05) is 18.2 Å². The van der Waals surface area contributed by atoms with Crippen LogP contribution in [0.15, 0.2) is 29.1 Å². The molecule has 1 aromatic carbocycles. The number of benzene rings is 1. The molecule has 1 aromatic heterocycles. The van der Waals surface area contributed by atoms with E-state index in [1.807, 2.05) is 0 Å². The Morgan fingerprint density at radius 1 is 1.35 bits per heavy atom. The second-order valence-corrected chi connectivity index (χ2v) is 3.67. The maximum atomic E-state index is 11.7. The molecule has 0 aliphatic carbocycles. The Balaban J connectivity index is 2.73. The molecule has 1 heterocycles. The van der Waals surface area contributed by atoms with Crippen LogP contribution in [-0.2, 0) is 0 Å². The number of nitrogens with one attached hydrogen (secondary N) is 2. The van der Waals surface area contributed by atoms with Crippen molar-refractivity contribution in [3.8, 4) is 11.3 Å². The lowest BCUT2D eigenvalue weighted by molar-refractivity contribution is 0.100. The van der Waals surface area contributed by atoms with Gasteiger partial charge in [-0.2, -0.15) is 5.10 Å². The number of hydrogen-bond donors (Lipinski definition) is 3. The Hall–Kier alpha value is -2.28. The number of H-pyrrole nitrogens is 2. The molecule has 2 rings (SSSR count). The van der Waals surface area contributed by atoms with Crippen LogP contribution in [0.4, 0.5) is 0 Å². The normalized spacial score (nSPS) is 10.1. The number of hydrogen-bond acceptors (Lipinski definition) is 4. The molecule has 0 spiro atoms. The predicted octanol–water partition coefficient (Wildman–Crippen LogP) is 0.593. The van der Waals surface area contributed by atoms with Crippen molar-refractivity contribution in [2.24, 2.45) is 5.73 Å². The van der Waals surface area contributed by atoms with Gasteiger partial charge in [0.05, 0.1) is 0 Å². The molecule has 7 heteroatoms. The Kier molecular flexibility index (Phi) is 2.84. The van der Waals surface area contributed by atoms with Gasteiger partial charge in [-0.05, 0) is 18.3 Å². The quantitative estimate of drug-likeness (QED) is 0.676. The highest BCUT2D eigenvalue weighted by atomic mass is 32.1. The molecule has 0 saturated carbocycles. The minimum atomic E-state index is -0.621. The average Bonchev–Trinajstić information content (AvgIpc) is 2.29. The number of aromatic nitrogens is 3. The molecule has 1 amide bonds. The van der Waals surface area contributed by atoms with E-state index in [-0.39, 0.29) is 16.0 Å². The lowest BCUT2D eigenvalue weighted by Crippen LogP contribution is -2.17. The molecule has 0 saturated heterocycles. The molecule has 4 N–H and O–H groups in total. The zero-order chi connectivity index (χ0) is 12.4. The molecule has 17 heavy (non-hydrogen) atoms. The van der Waals surface area contributed by atoms with Crippen LogP contribution in [0.5, 0.6) is 0 Å². The Morgan fingerprint density at radius 3 is 2.71 bits per heavy atom.